The summed E-state index contributed by atoms with van der Waals surface area (Å²) in [5.74, 6) is 1.46. The van der Waals surface area contributed by atoms with Crippen LogP contribution >= 0.6 is 15.9 Å². The summed E-state index contributed by atoms with van der Waals surface area (Å²) >= 11 is 3.63. The van der Waals surface area contributed by atoms with E-state index < -0.39 is 0 Å². The fourth-order valence-electron chi connectivity index (χ4n) is 2.53. The van der Waals surface area contributed by atoms with Gasteiger partial charge >= 0.3 is 0 Å². The zero-order valence-corrected chi connectivity index (χ0v) is 13.9. The zero-order chi connectivity index (χ0) is 14.3. The maximum absolute atomic E-state index is 6.47. The Morgan fingerprint density at radius 2 is 1.79 bits per heavy atom. The predicted octanol–water partition coefficient (Wildman–Crippen LogP) is 5.06. The quantitative estimate of drug-likeness (QED) is 0.723. The Balaban J connectivity index is 2.87. The molecule has 2 N–H and O–H groups in total. The van der Waals surface area contributed by atoms with Crippen LogP contribution in [0.15, 0.2) is 22.7 Å². The van der Waals surface area contributed by atoms with Gasteiger partial charge in [-0.05, 0) is 43.4 Å². The van der Waals surface area contributed by atoms with Crippen molar-refractivity contribution < 1.29 is 4.74 Å². The van der Waals surface area contributed by atoms with Crippen molar-refractivity contribution >= 4 is 15.9 Å². The number of halogens is 1. The van der Waals surface area contributed by atoms with Crippen molar-refractivity contribution in [2.24, 2.45) is 11.7 Å². The summed E-state index contributed by atoms with van der Waals surface area (Å²) in [6.45, 7) is 7.13. The van der Waals surface area contributed by atoms with Crippen LogP contribution in [0.3, 0.4) is 0 Å². The van der Waals surface area contributed by atoms with E-state index in [1.807, 2.05) is 19.1 Å². The van der Waals surface area contributed by atoms with Gasteiger partial charge in [0, 0.05) is 10.5 Å². The molecular weight excluding hydrogens is 302 g/mol. The highest BCUT2D eigenvalue weighted by atomic mass is 79.9. The molecule has 1 rings (SSSR count). The molecule has 0 fully saturated rings. The standard InChI is InChI=1S/C16H26BrNO/c1-4-7-12(8-5-2)16(18)14-10-9-13(19-6-3)11-15(14)17/h9-12,16H,4-8,18H2,1-3H3. The molecular formula is C16H26BrNO. The van der Waals surface area contributed by atoms with E-state index in [-0.39, 0.29) is 6.04 Å². The molecule has 1 unspecified atom stereocenters. The zero-order valence-electron chi connectivity index (χ0n) is 12.3. The maximum atomic E-state index is 6.47. The molecule has 0 saturated heterocycles. The van der Waals surface area contributed by atoms with Gasteiger partial charge in [0.05, 0.1) is 6.61 Å². The normalized spacial score (nSPS) is 12.7. The van der Waals surface area contributed by atoms with Gasteiger partial charge in [-0.25, -0.2) is 0 Å². The maximum Gasteiger partial charge on any atom is 0.120 e. The molecule has 3 heteroatoms. The highest BCUT2D eigenvalue weighted by Crippen LogP contribution is 2.33. The molecule has 0 aliphatic rings. The van der Waals surface area contributed by atoms with Crippen LogP contribution < -0.4 is 10.5 Å². The Bertz CT molecular complexity index is 375. The van der Waals surface area contributed by atoms with Crippen molar-refractivity contribution in [3.8, 4) is 5.75 Å². The lowest BCUT2D eigenvalue weighted by atomic mass is 9.87. The highest BCUT2D eigenvalue weighted by molar-refractivity contribution is 9.10. The van der Waals surface area contributed by atoms with E-state index in [9.17, 15) is 0 Å². The van der Waals surface area contributed by atoms with Gasteiger partial charge in [0.2, 0.25) is 0 Å². The minimum Gasteiger partial charge on any atom is -0.494 e. The topological polar surface area (TPSA) is 35.2 Å². The van der Waals surface area contributed by atoms with Gasteiger partial charge in [0.1, 0.15) is 5.75 Å². The average molecular weight is 328 g/mol. The van der Waals surface area contributed by atoms with Gasteiger partial charge < -0.3 is 10.5 Å². The lowest BCUT2D eigenvalue weighted by molar-refractivity contribution is 0.338. The summed E-state index contributed by atoms with van der Waals surface area (Å²) in [4.78, 5) is 0. The Morgan fingerprint density at radius 3 is 2.26 bits per heavy atom. The van der Waals surface area contributed by atoms with Crippen LogP contribution in [0.4, 0.5) is 0 Å². The Hall–Kier alpha value is -0.540. The fourth-order valence-corrected chi connectivity index (χ4v) is 3.16. The molecule has 1 aromatic rings. The number of nitrogens with two attached hydrogens (primary N) is 1. The van der Waals surface area contributed by atoms with E-state index in [1.165, 1.54) is 31.2 Å². The molecule has 0 bridgehead atoms. The van der Waals surface area contributed by atoms with Crippen LogP contribution in [0.25, 0.3) is 0 Å². The number of rotatable bonds is 8. The monoisotopic (exact) mass is 327 g/mol. The third kappa shape index (κ3) is 4.81. The molecule has 19 heavy (non-hydrogen) atoms. The van der Waals surface area contributed by atoms with Crippen LogP contribution in [0.1, 0.15) is 58.1 Å². The third-order valence-electron chi connectivity index (χ3n) is 3.47. The van der Waals surface area contributed by atoms with Crippen LogP contribution in [0, 0.1) is 5.92 Å². The van der Waals surface area contributed by atoms with Gasteiger partial charge in [0.15, 0.2) is 0 Å². The summed E-state index contributed by atoms with van der Waals surface area (Å²) < 4.78 is 6.56. The van der Waals surface area contributed by atoms with Crippen LogP contribution in [0.2, 0.25) is 0 Å². The summed E-state index contributed by atoms with van der Waals surface area (Å²) in [6.07, 6.45) is 4.75. The number of ether oxygens (including phenoxy) is 1. The summed E-state index contributed by atoms with van der Waals surface area (Å²) in [7, 11) is 0. The van der Waals surface area contributed by atoms with Crippen molar-refractivity contribution in [1.29, 1.82) is 0 Å². The van der Waals surface area contributed by atoms with Crippen molar-refractivity contribution in [2.45, 2.75) is 52.5 Å². The van der Waals surface area contributed by atoms with Crippen molar-refractivity contribution in [3.63, 3.8) is 0 Å². The Morgan fingerprint density at radius 1 is 1.16 bits per heavy atom. The second-order valence-corrected chi connectivity index (χ2v) is 5.83. The number of hydrogen-bond donors (Lipinski definition) is 1. The molecule has 0 heterocycles. The van der Waals surface area contributed by atoms with Crippen molar-refractivity contribution in [3.05, 3.63) is 28.2 Å². The van der Waals surface area contributed by atoms with Gasteiger partial charge in [-0.15, -0.1) is 0 Å². The Kier molecular flexibility index (Phi) is 7.47. The fraction of sp³-hybridized carbons (Fsp3) is 0.625. The molecule has 0 aliphatic carbocycles. The first kappa shape index (κ1) is 16.5. The second kappa shape index (κ2) is 8.60. The summed E-state index contributed by atoms with van der Waals surface area (Å²) in [5, 5.41) is 0. The average Bonchev–Trinajstić information content (AvgIpc) is 2.38. The third-order valence-corrected chi connectivity index (χ3v) is 4.16. The first-order valence-corrected chi connectivity index (χ1v) is 8.11. The molecule has 1 atom stereocenters. The lowest BCUT2D eigenvalue weighted by Crippen LogP contribution is -2.22. The van der Waals surface area contributed by atoms with Crippen LogP contribution in [-0.4, -0.2) is 6.61 Å². The highest BCUT2D eigenvalue weighted by Gasteiger charge is 2.20. The molecule has 0 radical (unpaired) electrons. The van der Waals surface area contributed by atoms with Crippen molar-refractivity contribution in [2.75, 3.05) is 6.61 Å². The van der Waals surface area contributed by atoms with Gasteiger partial charge in [-0.1, -0.05) is 48.7 Å². The molecule has 0 spiro atoms. The first-order valence-electron chi connectivity index (χ1n) is 7.31. The van der Waals surface area contributed by atoms with E-state index in [2.05, 4.69) is 35.8 Å². The van der Waals surface area contributed by atoms with E-state index in [0.717, 1.165) is 10.2 Å². The molecule has 0 aromatic heterocycles. The molecule has 108 valence electrons. The molecule has 0 aliphatic heterocycles. The van der Waals surface area contributed by atoms with E-state index in [0.29, 0.717) is 12.5 Å². The van der Waals surface area contributed by atoms with Gasteiger partial charge in [-0.2, -0.15) is 0 Å². The lowest BCUT2D eigenvalue weighted by Gasteiger charge is -2.24. The molecule has 0 saturated carbocycles. The smallest absolute Gasteiger partial charge is 0.120 e. The van der Waals surface area contributed by atoms with Crippen LogP contribution in [0.5, 0.6) is 5.75 Å². The Labute approximate surface area is 125 Å². The molecule has 1 aromatic carbocycles. The SMILES string of the molecule is CCCC(CCC)C(N)c1ccc(OCC)cc1Br. The summed E-state index contributed by atoms with van der Waals surface area (Å²) in [5.41, 5.74) is 7.66. The minimum atomic E-state index is 0.102. The predicted molar refractivity (Wildman–Crippen MR) is 85.5 cm³/mol. The van der Waals surface area contributed by atoms with Gasteiger partial charge in [0.25, 0.3) is 0 Å². The second-order valence-electron chi connectivity index (χ2n) is 4.98. The van der Waals surface area contributed by atoms with Crippen molar-refractivity contribution in [1.82, 2.24) is 0 Å². The molecule has 2 nitrogen and oxygen atoms in total. The van der Waals surface area contributed by atoms with E-state index >= 15 is 0 Å². The van der Waals surface area contributed by atoms with E-state index in [4.69, 9.17) is 10.5 Å². The van der Waals surface area contributed by atoms with E-state index in [1.54, 1.807) is 0 Å². The number of hydrogen-bond acceptors (Lipinski definition) is 2. The minimum absolute atomic E-state index is 0.102. The van der Waals surface area contributed by atoms with Gasteiger partial charge in [-0.3, -0.25) is 0 Å². The molecule has 0 amide bonds. The largest absolute Gasteiger partial charge is 0.494 e. The summed E-state index contributed by atoms with van der Waals surface area (Å²) in [6, 6.07) is 6.23. The first-order chi connectivity index (χ1) is 9.13. The number of benzene rings is 1. The van der Waals surface area contributed by atoms with Crippen LogP contribution in [-0.2, 0) is 0 Å².